The summed E-state index contributed by atoms with van der Waals surface area (Å²) in [6.45, 7) is 1.82. The second kappa shape index (κ2) is 7.17. The first kappa shape index (κ1) is 14.7. The molecule has 0 unspecified atom stereocenters. The summed E-state index contributed by atoms with van der Waals surface area (Å²) in [6.07, 6.45) is 5.17. The molecule has 1 aromatic heterocycles. The van der Waals surface area contributed by atoms with Crippen LogP contribution in [0.3, 0.4) is 0 Å². The third-order valence-electron chi connectivity index (χ3n) is 2.84. The normalized spacial score (nSPS) is 9.62. The number of aromatic nitrogens is 2. The number of hydrogen-bond donors (Lipinski definition) is 2. The number of aliphatic hydroxyl groups is 1. The minimum atomic E-state index is -0.299. The van der Waals surface area contributed by atoms with E-state index in [-0.39, 0.29) is 18.2 Å². The zero-order valence-corrected chi connectivity index (χ0v) is 11.6. The summed E-state index contributed by atoms with van der Waals surface area (Å²) in [5.74, 6) is 5.15. The molecule has 0 spiro atoms. The lowest BCUT2D eigenvalue weighted by Crippen LogP contribution is -2.15. The van der Waals surface area contributed by atoms with Gasteiger partial charge in [-0.25, -0.2) is 4.98 Å². The second-order valence-electron chi connectivity index (χ2n) is 4.23. The van der Waals surface area contributed by atoms with Crippen LogP contribution in [0.15, 0.2) is 36.8 Å². The fourth-order valence-corrected chi connectivity index (χ4v) is 1.83. The molecule has 106 valence electrons. The van der Waals surface area contributed by atoms with E-state index in [1.54, 1.807) is 12.1 Å². The van der Waals surface area contributed by atoms with Crippen molar-refractivity contribution in [3.05, 3.63) is 53.6 Å². The Balaban J connectivity index is 2.22. The molecule has 0 saturated carbocycles. The average molecular weight is 281 g/mol. The van der Waals surface area contributed by atoms with Gasteiger partial charge in [0.1, 0.15) is 12.3 Å². The fraction of sp³-hybridized carbons (Fsp3) is 0.188. The van der Waals surface area contributed by atoms with Crippen molar-refractivity contribution >= 4 is 11.6 Å². The Bertz CT molecular complexity index is 688. The molecular weight excluding hydrogens is 266 g/mol. The maximum absolute atomic E-state index is 12.1. The van der Waals surface area contributed by atoms with E-state index in [1.165, 1.54) is 18.6 Å². The molecular formula is C16H15N3O2. The van der Waals surface area contributed by atoms with Crippen LogP contribution in [0.1, 0.15) is 28.5 Å². The van der Waals surface area contributed by atoms with Crippen molar-refractivity contribution in [3.63, 3.8) is 0 Å². The molecule has 1 amide bonds. The molecule has 2 rings (SSSR count). The Labute approximate surface area is 123 Å². The lowest BCUT2D eigenvalue weighted by atomic mass is 10.1. The van der Waals surface area contributed by atoms with Crippen LogP contribution in [0.5, 0.6) is 0 Å². The number of hydrogen-bond acceptors (Lipinski definition) is 4. The zero-order valence-electron chi connectivity index (χ0n) is 11.6. The van der Waals surface area contributed by atoms with Gasteiger partial charge in [0, 0.05) is 23.6 Å². The maximum Gasteiger partial charge on any atom is 0.275 e. The van der Waals surface area contributed by atoms with Gasteiger partial charge in [-0.3, -0.25) is 9.78 Å². The van der Waals surface area contributed by atoms with Crippen LogP contribution in [-0.4, -0.2) is 27.6 Å². The van der Waals surface area contributed by atoms with Gasteiger partial charge < -0.3 is 10.4 Å². The lowest BCUT2D eigenvalue weighted by molar-refractivity contribution is 0.102. The first-order chi connectivity index (χ1) is 10.2. The predicted octanol–water partition coefficient (Wildman–Crippen LogP) is 1.64. The second-order valence-corrected chi connectivity index (χ2v) is 4.23. The number of aryl methyl sites for hydroxylation is 1. The van der Waals surface area contributed by atoms with E-state index < -0.39 is 0 Å². The Hall–Kier alpha value is -2.71. The molecule has 0 fully saturated rings. The molecule has 21 heavy (non-hydrogen) atoms. The van der Waals surface area contributed by atoms with Crippen LogP contribution in [0.4, 0.5) is 5.69 Å². The Kier molecular flexibility index (Phi) is 5.02. The van der Waals surface area contributed by atoms with E-state index in [9.17, 15) is 4.79 Å². The number of carbonyl (C=O) groups is 1. The third kappa shape index (κ3) is 3.88. The Morgan fingerprint density at radius 1 is 1.38 bits per heavy atom. The van der Waals surface area contributed by atoms with E-state index in [0.717, 1.165) is 23.2 Å². The highest BCUT2D eigenvalue weighted by Gasteiger charge is 2.10. The number of aliphatic hydroxyl groups excluding tert-OH is 1. The Morgan fingerprint density at radius 3 is 2.90 bits per heavy atom. The van der Waals surface area contributed by atoms with Crippen LogP contribution in [0.25, 0.3) is 0 Å². The van der Waals surface area contributed by atoms with E-state index in [2.05, 4.69) is 27.1 Å². The molecule has 0 atom stereocenters. The van der Waals surface area contributed by atoms with E-state index in [4.69, 9.17) is 5.11 Å². The van der Waals surface area contributed by atoms with Crippen LogP contribution in [-0.2, 0) is 6.42 Å². The number of benzene rings is 1. The Morgan fingerprint density at radius 2 is 2.24 bits per heavy atom. The first-order valence-corrected chi connectivity index (χ1v) is 6.54. The van der Waals surface area contributed by atoms with Gasteiger partial charge in [0.05, 0.1) is 6.20 Å². The number of nitrogens with one attached hydrogen (secondary N) is 1. The summed E-state index contributed by atoms with van der Waals surface area (Å²) >= 11 is 0. The van der Waals surface area contributed by atoms with Crippen molar-refractivity contribution in [1.29, 1.82) is 0 Å². The number of amides is 1. The van der Waals surface area contributed by atoms with Gasteiger partial charge in [0.2, 0.25) is 0 Å². The SMILES string of the molecule is CCc1cc(C#CCO)ccc1NC(=O)c1cnccn1. The van der Waals surface area contributed by atoms with Crippen molar-refractivity contribution in [1.82, 2.24) is 9.97 Å². The molecule has 1 aromatic carbocycles. The topological polar surface area (TPSA) is 75.1 Å². The molecule has 0 saturated heterocycles. The van der Waals surface area contributed by atoms with Gasteiger partial charge in [0.25, 0.3) is 5.91 Å². The minimum Gasteiger partial charge on any atom is -0.384 e. The fourth-order valence-electron chi connectivity index (χ4n) is 1.83. The molecule has 0 aliphatic carbocycles. The number of carbonyl (C=O) groups excluding carboxylic acids is 1. The lowest BCUT2D eigenvalue weighted by Gasteiger charge is -2.10. The van der Waals surface area contributed by atoms with Crippen LogP contribution in [0.2, 0.25) is 0 Å². The summed E-state index contributed by atoms with van der Waals surface area (Å²) in [4.78, 5) is 19.9. The first-order valence-electron chi connectivity index (χ1n) is 6.54. The van der Waals surface area contributed by atoms with Crippen LogP contribution >= 0.6 is 0 Å². The van der Waals surface area contributed by atoms with E-state index in [1.807, 2.05) is 13.0 Å². The molecule has 5 heteroatoms. The quantitative estimate of drug-likeness (QED) is 0.839. The highest BCUT2D eigenvalue weighted by Crippen LogP contribution is 2.18. The summed E-state index contributed by atoms with van der Waals surface area (Å²) in [5, 5.41) is 11.5. The van der Waals surface area contributed by atoms with Crippen molar-refractivity contribution < 1.29 is 9.90 Å². The van der Waals surface area contributed by atoms with Crippen molar-refractivity contribution in [2.24, 2.45) is 0 Å². The zero-order chi connectivity index (χ0) is 15.1. The van der Waals surface area contributed by atoms with Crippen molar-refractivity contribution in [3.8, 4) is 11.8 Å². The smallest absolute Gasteiger partial charge is 0.275 e. The molecule has 2 aromatic rings. The molecule has 5 nitrogen and oxygen atoms in total. The summed E-state index contributed by atoms with van der Waals surface area (Å²) in [6, 6.07) is 5.50. The molecule has 0 bridgehead atoms. The van der Waals surface area contributed by atoms with Gasteiger partial charge in [0.15, 0.2) is 0 Å². The van der Waals surface area contributed by atoms with E-state index in [0.29, 0.717) is 0 Å². The number of nitrogens with zero attached hydrogens (tertiary/aromatic N) is 2. The summed E-state index contributed by atoms with van der Waals surface area (Å²) in [7, 11) is 0. The molecule has 0 aliphatic heterocycles. The van der Waals surface area contributed by atoms with Gasteiger partial charge in [-0.2, -0.15) is 0 Å². The van der Waals surface area contributed by atoms with Gasteiger partial charge >= 0.3 is 0 Å². The summed E-state index contributed by atoms with van der Waals surface area (Å²) < 4.78 is 0. The van der Waals surface area contributed by atoms with Crippen LogP contribution < -0.4 is 5.32 Å². The van der Waals surface area contributed by atoms with Gasteiger partial charge in [-0.05, 0) is 30.2 Å². The molecule has 0 radical (unpaired) electrons. The number of anilines is 1. The van der Waals surface area contributed by atoms with E-state index >= 15 is 0 Å². The molecule has 0 aliphatic rings. The van der Waals surface area contributed by atoms with Gasteiger partial charge in [-0.1, -0.05) is 18.8 Å². The average Bonchev–Trinajstić information content (AvgIpc) is 2.54. The van der Waals surface area contributed by atoms with Crippen molar-refractivity contribution in [2.45, 2.75) is 13.3 Å². The predicted molar refractivity (Wildman–Crippen MR) is 79.8 cm³/mol. The largest absolute Gasteiger partial charge is 0.384 e. The standard InChI is InChI=1S/C16H15N3O2/c1-2-13-10-12(4-3-9-20)5-6-14(13)19-16(21)15-11-17-7-8-18-15/h5-8,10-11,20H,2,9H2,1H3,(H,19,21). The highest BCUT2D eigenvalue weighted by atomic mass is 16.2. The molecule has 1 heterocycles. The van der Waals surface area contributed by atoms with Crippen LogP contribution in [0, 0.1) is 11.8 Å². The third-order valence-corrected chi connectivity index (χ3v) is 2.84. The monoisotopic (exact) mass is 281 g/mol. The molecule has 2 N–H and O–H groups in total. The van der Waals surface area contributed by atoms with Crippen molar-refractivity contribution in [2.75, 3.05) is 11.9 Å². The maximum atomic E-state index is 12.1. The summed E-state index contributed by atoms with van der Waals surface area (Å²) in [5.41, 5.74) is 2.77. The minimum absolute atomic E-state index is 0.174. The van der Waals surface area contributed by atoms with Gasteiger partial charge in [-0.15, -0.1) is 0 Å². The number of rotatable bonds is 3. The highest BCUT2D eigenvalue weighted by molar-refractivity contribution is 6.03.